The van der Waals surface area contributed by atoms with Crippen LogP contribution in [0.1, 0.15) is 19.3 Å². The van der Waals surface area contributed by atoms with Crippen LogP contribution in [0.3, 0.4) is 0 Å². The van der Waals surface area contributed by atoms with Crippen LogP contribution in [-0.4, -0.2) is 17.7 Å². The van der Waals surface area contributed by atoms with Gasteiger partial charge in [-0.15, -0.1) is 0 Å². The Morgan fingerprint density at radius 1 is 1.14 bits per heavy atom. The average molecular weight is 189 g/mol. The standard InChI is InChI=1S/C12H15NO/c14-12-5-3-10(4-6-12)13-8-9-1-2-11(13)7-9/h3-6,9,11,14H,1-2,7-8H2. The number of rotatable bonds is 1. The highest BCUT2D eigenvalue weighted by Gasteiger charge is 2.37. The lowest BCUT2D eigenvalue weighted by Crippen LogP contribution is -2.31. The summed E-state index contributed by atoms with van der Waals surface area (Å²) in [6, 6.07) is 8.37. The first kappa shape index (κ1) is 8.16. The molecule has 1 heterocycles. The molecule has 2 atom stereocenters. The largest absolute Gasteiger partial charge is 0.508 e. The number of piperidine rings is 1. The van der Waals surface area contributed by atoms with E-state index in [1.54, 1.807) is 12.1 Å². The maximum absolute atomic E-state index is 9.21. The Labute approximate surface area is 84.2 Å². The van der Waals surface area contributed by atoms with E-state index in [2.05, 4.69) is 4.90 Å². The molecule has 0 amide bonds. The molecule has 1 aliphatic heterocycles. The van der Waals surface area contributed by atoms with Crippen LogP contribution < -0.4 is 4.90 Å². The minimum absolute atomic E-state index is 0.359. The summed E-state index contributed by atoms with van der Waals surface area (Å²) in [5.74, 6) is 1.28. The monoisotopic (exact) mass is 189 g/mol. The summed E-state index contributed by atoms with van der Waals surface area (Å²) in [6.07, 6.45) is 4.14. The highest BCUT2D eigenvalue weighted by molar-refractivity contribution is 5.51. The van der Waals surface area contributed by atoms with Gasteiger partial charge >= 0.3 is 0 Å². The maximum Gasteiger partial charge on any atom is 0.115 e. The first-order valence-electron chi connectivity index (χ1n) is 5.38. The molecule has 0 radical (unpaired) electrons. The molecule has 1 saturated heterocycles. The van der Waals surface area contributed by atoms with Gasteiger partial charge < -0.3 is 10.0 Å². The molecule has 0 spiro atoms. The molecule has 2 fully saturated rings. The summed E-state index contributed by atoms with van der Waals surface area (Å²) >= 11 is 0. The number of benzene rings is 1. The van der Waals surface area contributed by atoms with Gasteiger partial charge in [-0.3, -0.25) is 0 Å². The van der Waals surface area contributed by atoms with E-state index in [1.807, 2.05) is 12.1 Å². The molecule has 1 aromatic rings. The average Bonchev–Trinajstić information content (AvgIpc) is 2.80. The quantitative estimate of drug-likeness (QED) is 0.733. The number of hydrogen-bond acceptors (Lipinski definition) is 2. The van der Waals surface area contributed by atoms with Gasteiger partial charge in [0.15, 0.2) is 0 Å². The van der Waals surface area contributed by atoms with Crippen LogP contribution >= 0.6 is 0 Å². The minimum atomic E-state index is 0.359. The maximum atomic E-state index is 9.21. The van der Waals surface area contributed by atoms with E-state index in [0.29, 0.717) is 5.75 Å². The van der Waals surface area contributed by atoms with Gasteiger partial charge in [0.25, 0.3) is 0 Å². The summed E-state index contributed by atoms with van der Waals surface area (Å²) in [7, 11) is 0. The molecule has 2 unspecified atom stereocenters. The molecule has 2 heteroatoms. The first-order chi connectivity index (χ1) is 6.83. The topological polar surface area (TPSA) is 23.5 Å². The van der Waals surface area contributed by atoms with Crippen LogP contribution in [0.25, 0.3) is 0 Å². The van der Waals surface area contributed by atoms with Gasteiger partial charge in [-0.1, -0.05) is 0 Å². The predicted molar refractivity (Wildman–Crippen MR) is 56.6 cm³/mol. The SMILES string of the molecule is Oc1ccc(N2CC3CCC2C3)cc1. The van der Waals surface area contributed by atoms with E-state index in [-0.39, 0.29) is 0 Å². The fourth-order valence-corrected chi connectivity index (χ4v) is 2.89. The van der Waals surface area contributed by atoms with E-state index in [9.17, 15) is 5.11 Å². The van der Waals surface area contributed by atoms with Crippen molar-refractivity contribution in [1.82, 2.24) is 0 Å². The predicted octanol–water partition coefficient (Wildman–Crippen LogP) is 2.38. The second kappa shape index (κ2) is 2.91. The van der Waals surface area contributed by atoms with Gasteiger partial charge in [-0.05, 0) is 49.4 Å². The summed E-state index contributed by atoms with van der Waals surface area (Å²) in [5, 5.41) is 9.21. The summed E-state index contributed by atoms with van der Waals surface area (Å²) < 4.78 is 0. The molecule has 1 N–H and O–H groups in total. The van der Waals surface area contributed by atoms with Crippen LogP contribution in [0.5, 0.6) is 5.75 Å². The molecule has 14 heavy (non-hydrogen) atoms. The van der Waals surface area contributed by atoms with E-state index in [1.165, 1.54) is 31.5 Å². The molecule has 2 aliphatic rings. The second-order valence-corrected chi connectivity index (χ2v) is 4.50. The third-order valence-electron chi connectivity index (χ3n) is 3.59. The van der Waals surface area contributed by atoms with Crippen molar-refractivity contribution < 1.29 is 5.11 Å². The van der Waals surface area contributed by atoms with Crippen molar-refractivity contribution in [3.05, 3.63) is 24.3 Å². The molecule has 1 aromatic carbocycles. The lowest BCUT2D eigenvalue weighted by atomic mass is 10.1. The van der Waals surface area contributed by atoms with E-state index >= 15 is 0 Å². The van der Waals surface area contributed by atoms with Gasteiger partial charge in [-0.2, -0.15) is 0 Å². The Bertz CT molecular complexity index is 333. The summed E-state index contributed by atoms with van der Waals surface area (Å²) in [6.45, 7) is 1.22. The van der Waals surface area contributed by atoms with Crippen LogP contribution in [0.15, 0.2) is 24.3 Å². The van der Waals surface area contributed by atoms with Gasteiger partial charge in [0.2, 0.25) is 0 Å². The summed E-state index contributed by atoms with van der Waals surface area (Å²) in [5.41, 5.74) is 1.27. The van der Waals surface area contributed by atoms with Crippen LogP contribution in [0, 0.1) is 5.92 Å². The normalized spacial score (nSPS) is 29.9. The Balaban J connectivity index is 1.86. The third kappa shape index (κ3) is 1.17. The number of phenols is 1. The van der Waals surface area contributed by atoms with Crippen LogP contribution in [0.4, 0.5) is 5.69 Å². The smallest absolute Gasteiger partial charge is 0.115 e. The molecule has 74 valence electrons. The van der Waals surface area contributed by atoms with Crippen LogP contribution in [-0.2, 0) is 0 Å². The Kier molecular flexibility index (Phi) is 1.69. The summed E-state index contributed by atoms with van der Waals surface area (Å²) in [4.78, 5) is 2.49. The minimum Gasteiger partial charge on any atom is -0.508 e. The Morgan fingerprint density at radius 3 is 2.50 bits per heavy atom. The van der Waals surface area contributed by atoms with Gasteiger partial charge in [-0.25, -0.2) is 0 Å². The van der Waals surface area contributed by atoms with Gasteiger partial charge in [0.1, 0.15) is 5.75 Å². The number of phenolic OH excluding ortho intramolecular Hbond substituents is 1. The third-order valence-corrected chi connectivity index (χ3v) is 3.59. The fraction of sp³-hybridized carbons (Fsp3) is 0.500. The van der Waals surface area contributed by atoms with Gasteiger partial charge in [0.05, 0.1) is 0 Å². The molecular weight excluding hydrogens is 174 g/mol. The van der Waals surface area contributed by atoms with Crippen molar-refractivity contribution in [3.63, 3.8) is 0 Å². The van der Waals surface area contributed by atoms with Gasteiger partial charge in [0, 0.05) is 18.3 Å². The molecule has 1 aliphatic carbocycles. The molecule has 0 aromatic heterocycles. The van der Waals surface area contributed by atoms with E-state index < -0.39 is 0 Å². The van der Waals surface area contributed by atoms with Crippen molar-refractivity contribution >= 4 is 5.69 Å². The lowest BCUT2D eigenvalue weighted by molar-refractivity contribution is 0.475. The highest BCUT2D eigenvalue weighted by Crippen LogP contribution is 2.40. The Hall–Kier alpha value is -1.18. The zero-order valence-electron chi connectivity index (χ0n) is 8.19. The molecule has 2 bridgehead atoms. The lowest BCUT2D eigenvalue weighted by Gasteiger charge is -2.29. The molecular formula is C12H15NO. The van der Waals surface area contributed by atoms with Crippen molar-refractivity contribution in [2.75, 3.05) is 11.4 Å². The molecule has 2 nitrogen and oxygen atoms in total. The number of anilines is 1. The zero-order chi connectivity index (χ0) is 9.54. The molecule has 1 saturated carbocycles. The van der Waals surface area contributed by atoms with Crippen molar-refractivity contribution in [2.24, 2.45) is 5.92 Å². The van der Waals surface area contributed by atoms with Crippen molar-refractivity contribution in [2.45, 2.75) is 25.3 Å². The van der Waals surface area contributed by atoms with Crippen molar-refractivity contribution in [3.8, 4) is 5.75 Å². The van der Waals surface area contributed by atoms with E-state index in [4.69, 9.17) is 0 Å². The highest BCUT2D eigenvalue weighted by atomic mass is 16.3. The second-order valence-electron chi connectivity index (χ2n) is 4.50. The Morgan fingerprint density at radius 2 is 1.93 bits per heavy atom. The number of hydrogen-bond donors (Lipinski definition) is 1. The zero-order valence-corrected chi connectivity index (χ0v) is 8.19. The van der Waals surface area contributed by atoms with Crippen LogP contribution in [0.2, 0.25) is 0 Å². The fourth-order valence-electron chi connectivity index (χ4n) is 2.89. The number of nitrogens with zero attached hydrogens (tertiary/aromatic N) is 1. The molecule has 3 rings (SSSR count). The number of aromatic hydroxyl groups is 1. The van der Waals surface area contributed by atoms with E-state index in [0.717, 1.165) is 12.0 Å². The van der Waals surface area contributed by atoms with Crippen molar-refractivity contribution in [1.29, 1.82) is 0 Å². The first-order valence-corrected chi connectivity index (χ1v) is 5.38. The number of fused-ring (bicyclic) bond motifs is 2.